The maximum atomic E-state index is 12.1. The van der Waals surface area contributed by atoms with Crippen LogP contribution in [0.4, 0.5) is 5.95 Å². The van der Waals surface area contributed by atoms with E-state index in [0.717, 1.165) is 5.56 Å². The second-order valence-electron chi connectivity index (χ2n) is 4.06. The predicted molar refractivity (Wildman–Crippen MR) is 77.1 cm³/mol. The highest BCUT2D eigenvalue weighted by Crippen LogP contribution is 2.35. The molecule has 0 saturated carbocycles. The van der Waals surface area contributed by atoms with Gasteiger partial charge in [0.1, 0.15) is 5.25 Å². The van der Waals surface area contributed by atoms with Crippen molar-refractivity contribution in [2.45, 2.75) is 17.3 Å². The summed E-state index contributed by atoms with van der Waals surface area (Å²) >= 11 is 1.27. The van der Waals surface area contributed by atoms with Gasteiger partial charge in [-0.15, -0.1) is 10.2 Å². The van der Waals surface area contributed by atoms with Crippen molar-refractivity contribution in [3.63, 3.8) is 0 Å². The summed E-state index contributed by atoms with van der Waals surface area (Å²) in [6.45, 7) is 2.12. The molecule has 1 heterocycles. The monoisotopic (exact) mass is 292 g/mol. The maximum absolute atomic E-state index is 12.1. The fourth-order valence-corrected chi connectivity index (χ4v) is 2.64. The molecule has 0 fully saturated rings. The molecule has 1 aromatic heterocycles. The molecule has 0 aliphatic carbocycles. The number of esters is 1. The molecule has 0 aliphatic heterocycles. The third kappa shape index (κ3) is 3.11. The molecule has 0 bridgehead atoms. The van der Waals surface area contributed by atoms with E-state index in [4.69, 9.17) is 10.5 Å². The molecule has 0 saturated heterocycles. The van der Waals surface area contributed by atoms with Crippen molar-refractivity contribution < 1.29 is 9.53 Å². The lowest BCUT2D eigenvalue weighted by atomic mass is 10.1. The molecule has 0 aliphatic rings. The molecule has 2 aromatic rings. The highest BCUT2D eigenvalue weighted by molar-refractivity contribution is 8.00. The lowest BCUT2D eigenvalue weighted by Gasteiger charge is -2.14. The first-order valence-corrected chi connectivity index (χ1v) is 7.04. The average Bonchev–Trinajstić information content (AvgIpc) is 2.77. The van der Waals surface area contributed by atoms with Crippen molar-refractivity contribution >= 4 is 23.7 Å². The molecule has 1 aromatic carbocycles. The summed E-state index contributed by atoms with van der Waals surface area (Å²) in [4.78, 5) is 12.1. The van der Waals surface area contributed by atoms with Gasteiger partial charge in [0.2, 0.25) is 5.95 Å². The first kappa shape index (κ1) is 14.4. The molecule has 1 atom stereocenters. The van der Waals surface area contributed by atoms with Gasteiger partial charge < -0.3 is 10.5 Å². The largest absolute Gasteiger partial charge is 0.465 e. The number of carbonyl (C=O) groups is 1. The molecule has 0 radical (unpaired) electrons. The lowest BCUT2D eigenvalue weighted by Crippen LogP contribution is -2.14. The minimum Gasteiger partial charge on any atom is -0.465 e. The van der Waals surface area contributed by atoms with Crippen LogP contribution in [-0.4, -0.2) is 27.3 Å². The molecule has 7 heteroatoms. The molecular weight excluding hydrogens is 276 g/mol. The molecule has 0 amide bonds. The number of thioether (sulfide) groups is 1. The van der Waals surface area contributed by atoms with Gasteiger partial charge in [0.25, 0.3) is 0 Å². The summed E-state index contributed by atoms with van der Waals surface area (Å²) in [7, 11) is 1.75. The molecule has 1 unspecified atom stereocenters. The molecule has 0 spiro atoms. The number of aromatic nitrogens is 3. The van der Waals surface area contributed by atoms with Crippen LogP contribution in [0.2, 0.25) is 0 Å². The number of nitrogen functional groups attached to an aromatic ring is 1. The van der Waals surface area contributed by atoms with Gasteiger partial charge in [-0.3, -0.25) is 9.36 Å². The SMILES string of the molecule is CCOC(=O)C(Sc1nnc(N)n1C)c1ccccc1. The topological polar surface area (TPSA) is 83.0 Å². The Morgan fingerprint density at radius 3 is 2.65 bits per heavy atom. The predicted octanol–water partition coefficient (Wildman–Crippen LogP) is 1.79. The Labute approximate surface area is 121 Å². The Kier molecular flexibility index (Phi) is 4.62. The minimum atomic E-state index is -0.488. The third-order valence-electron chi connectivity index (χ3n) is 2.69. The second-order valence-corrected chi connectivity index (χ2v) is 5.13. The van der Waals surface area contributed by atoms with Crippen LogP contribution in [0.1, 0.15) is 17.7 Å². The summed E-state index contributed by atoms with van der Waals surface area (Å²) in [5.74, 6) is 0.00782. The number of rotatable bonds is 5. The van der Waals surface area contributed by atoms with Gasteiger partial charge in [-0.1, -0.05) is 42.1 Å². The van der Waals surface area contributed by atoms with Crippen molar-refractivity contribution in [2.24, 2.45) is 7.05 Å². The normalized spacial score (nSPS) is 12.1. The number of hydrogen-bond acceptors (Lipinski definition) is 6. The van der Waals surface area contributed by atoms with Crippen molar-refractivity contribution in [1.82, 2.24) is 14.8 Å². The van der Waals surface area contributed by atoms with Crippen molar-refractivity contribution in [3.8, 4) is 0 Å². The molecule has 6 nitrogen and oxygen atoms in total. The van der Waals surface area contributed by atoms with Gasteiger partial charge in [0, 0.05) is 7.05 Å². The van der Waals surface area contributed by atoms with E-state index in [1.165, 1.54) is 11.8 Å². The van der Waals surface area contributed by atoms with Crippen molar-refractivity contribution in [1.29, 1.82) is 0 Å². The minimum absolute atomic E-state index is 0.301. The zero-order valence-electron chi connectivity index (χ0n) is 11.3. The second kappa shape index (κ2) is 6.42. The number of nitrogens with two attached hydrogens (primary N) is 1. The summed E-state index contributed by atoms with van der Waals surface area (Å²) in [5.41, 5.74) is 6.51. The van der Waals surface area contributed by atoms with Crippen LogP contribution in [0.5, 0.6) is 0 Å². The van der Waals surface area contributed by atoms with Crippen molar-refractivity contribution in [3.05, 3.63) is 35.9 Å². The number of nitrogens with zero attached hydrogens (tertiary/aromatic N) is 3. The molecule has 20 heavy (non-hydrogen) atoms. The van der Waals surface area contributed by atoms with Gasteiger partial charge in [0.05, 0.1) is 6.61 Å². The third-order valence-corrected chi connectivity index (χ3v) is 3.96. The number of hydrogen-bond donors (Lipinski definition) is 1. The molecule has 2 N–H and O–H groups in total. The molecule has 106 valence electrons. The highest BCUT2D eigenvalue weighted by Gasteiger charge is 2.25. The van der Waals surface area contributed by atoms with Crippen LogP contribution < -0.4 is 5.73 Å². The Morgan fingerprint density at radius 1 is 1.40 bits per heavy atom. The zero-order valence-corrected chi connectivity index (χ0v) is 12.1. The number of ether oxygens (including phenoxy) is 1. The quantitative estimate of drug-likeness (QED) is 0.668. The number of anilines is 1. The summed E-state index contributed by atoms with van der Waals surface area (Å²) < 4.78 is 6.77. The van der Waals surface area contributed by atoms with Gasteiger partial charge >= 0.3 is 5.97 Å². The van der Waals surface area contributed by atoms with Crippen LogP contribution in [0.25, 0.3) is 0 Å². The van der Waals surface area contributed by atoms with Gasteiger partial charge in [0.15, 0.2) is 5.16 Å². The summed E-state index contributed by atoms with van der Waals surface area (Å²) in [6, 6.07) is 9.43. The van der Waals surface area contributed by atoms with E-state index in [2.05, 4.69) is 10.2 Å². The van der Waals surface area contributed by atoms with Crippen molar-refractivity contribution in [2.75, 3.05) is 12.3 Å². The zero-order chi connectivity index (χ0) is 14.5. The van der Waals surface area contributed by atoms with E-state index < -0.39 is 5.25 Å². The van der Waals surface area contributed by atoms with Gasteiger partial charge in [-0.2, -0.15) is 0 Å². The Morgan fingerprint density at radius 2 is 2.10 bits per heavy atom. The van der Waals surface area contributed by atoms with E-state index in [1.54, 1.807) is 18.5 Å². The standard InChI is InChI=1S/C13H16N4O2S/c1-3-19-11(18)10(9-7-5-4-6-8-9)20-13-16-15-12(14)17(13)2/h4-8,10H,3H2,1-2H3,(H2,14,15). The van der Waals surface area contributed by atoms with E-state index in [1.807, 2.05) is 30.3 Å². The smallest absolute Gasteiger partial charge is 0.324 e. The highest BCUT2D eigenvalue weighted by atomic mass is 32.2. The van der Waals surface area contributed by atoms with Crippen LogP contribution in [0.3, 0.4) is 0 Å². The maximum Gasteiger partial charge on any atom is 0.324 e. The summed E-state index contributed by atoms with van der Waals surface area (Å²) in [6.07, 6.45) is 0. The Bertz CT molecular complexity index is 585. The van der Waals surface area contributed by atoms with E-state index in [0.29, 0.717) is 17.7 Å². The number of carbonyl (C=O) groups excluding carboxylic acids is 1. The summed E-state index contributed by atoms with van der Waals surface area (Å²) in [5, 5.41) is 7.84. The molecule has 2 rings (SSSR count). The van der Waals surface area contributed by atoms with Gasteiger partial charge in [-0.25, -0.2) is 0 Å². The van der Waals surface area contributed by atoms with E-state index >= 15 is 0 Å². The first-order valence-electron chi connectivity index (χ1n) is 6.16. The fourth-order valence-electron chi connectivity index (χ4n) is 1.63. The van der Waals surface area contributed by atoms with Crippen LogP contribution >= 0.6 is 11.8 Å². The van der Waals surface area contributed by atoms with Gasteiger partial charge in [-0.05, 0) is 12.5 Å². The van der Waals surface area contributed by atoms with E-state index in [9.17, 15) is 4.79 Å². The van der Waals surface area contributed by atoms with E-state index in [-0.39, 0.29) is 5.97 Å². The molecular formula is C13H16N4O2S. The Balaban J connectivity index is 2.28. The fraction of sp³-hybridized carbons (Fsp3) is 0.308. The van der Waals surface area contributed by atoms with Crippen LogP contribution in [0, 0.1) is 0 Å². The number of benzene rings is 1. The first-order chi connectivity index (χ1) is 9.63. The lowest BCUT2D eigenvalue weighted by molar-refractivity contribution is -0.142. The average molecular weight is 292 g/mol. The Hall–Kier alpha value is -2.02. The van der Waals surface area contributed by atoms with Crippen LogP contribution in [0.15, 0.2) is 35.5 Å². The van der Waals surface area contributed by atoms with Crippen LogP contribution in [-0.2, 0) is 16.6 Å².